The van der Waals surface area contributed by atoms with E-state index >= 15 is 0 Å². The molecular weight excluding hydrogens is 248 g/mol. The van der Waals surface area contributed by atoms with E-state index < -0.39 is 0 Å². The van der Waals surface area contributed by atoms with E-state index in [1.165, 1.54) is 31.2 Å². The Morgan fingerprint density at radius 3 is 2.50 bits per heavy atom. The number of benzene rings is 1. The van der Waals surface area contributed by atoms with Crippen LogP contribution in [-0.4, -0.2) is 18.5 Å². The van der Waals surface area contributed by atoms with Crippen LogP contribution in [0.4, 0.5) is 0 Å². The quantitative estimate of drug-likeness (QED) is 0.837. The van der Waals surface area contributed by atoms with Gasteiger partial charge in [-0.1, -0.05) is 44.0 Å². The van der Waals surface area contributed by atoms with Crippen molar-refractivity contribution in [1.29, 1.82) is 0 Å². The molecule has 0 spiro atoms. The third kappa shape index (κ3) is 4.34. The number of rotatable bonds is 6. The Kier molecular flexibility index (Phi) is 5.60. The van der Waals surface area contributed by atoms with Crippen LogP contribution in [0, 0.1) is 0 Å². The molecule has 0 bridgehead atoms. The molecule has 1 amide bonds. The number of carbonyl (C=O) groups is 1. The zero-order valence-electron chi connectivity index (χ0n) is 12.6. The fourth-order valence-electron chi connectivity index (χ4n) is 2.78. The highest BCUT2D eigenvalue weighted by molar-refractivity contribution is 5.78. The van der Waals surface area contributed by atoms with Gasteiger partial charge in [0.15, 0.2) is 0 Å². The van der Waals surface area contributed by atoms with Crippen LogP contribution in [0.25, 0.3) is 0 Å². The summed E-state index contributed by atoms with van der Waals surface area (Å²) in [4.78, 5) is 11.9. The Morgan fingerprint density at radius 2 is 1.90 bits per heavy atom. The van der Waals surface area contributed by atoms with E-state index in [1.54, 1.807) is 0 Å². The average Bonchev–Trinajstić information content (AvgIpc) is 2.98. The molecule has 0 aromatic heterocycles. The minimum absolute atomic E-state index is 0.0683. The first-order valence-electron chi connectivity index (χ1n) is 7.80. The average molecular weight is 274 g/mol. The van der Waals surface area contributed by atoms with E-state index in [-0.39, 0.29) is 11.9 Å². The predicted molar refractivity (Wildman–Crippen MR) is 82.6 cm³/mol. The van der Waals surface area contributed by atoms with Gasteiger partial charge in [0.1, 0.15) is 0 Å². The first-order valence-corrected chi connectivity index (χ1v) is 7.80. The number of hydrogen-bond donors (Lipinski definition) is 2. The third-order valence-corrected chi connectivity index (χ3v) is 4.17. The van der Waals surface area contributed by atoms with Gasteiger partial charge in [0, 0.05) is 6.04 Å². The number of hydrogen-bond acceptors (Lipinski definition) is 2. The predicted octanol–water partition coefficient (Wildman–Crippen LogP) is 2.96. The van der Waals surface area contributed by atoms with Crippen LogP contribution in [0.3, 0.4) is 0 Å². The molecule has 110 valence electrons. The normalized spacial score (nSPS) is 17.1. The van der Waals surface area contributed by atoms with Gasteiger partial charge < -0.3 is 10.6 Å². The number of aryl methyl sites for hydroxylation is 1. The summed E-state index contributed by atoms with van der Waals surface area (Å²) in [7, 11) is 0. The number of carbonyl (C=O) groups excluding carboxylic acids is 1. The molecule has 0 radical (unpaired) electrons. The highest BCUT2D eigenvalue weighted by Gasteiger charge is 2.16. The van der Waals surface area contributed by atoms with Gasteiger partial charge in [-0.15, -0.1) is 0 Å². The highest BCUT2D eigenvalue weighted by atomic mass is 16.1. The summed E-state index contributed by atoms with van der Waals surface area (Å²) in [6.07, 6.45) is 6.05. The lowest BCUT2D eigenvalue weighted by atomic mass is 10.1. The van der Waals surface area contributed by atoms with Crippen LogP contribution in [-0.2, 0) is 11.2 Å². The number of amides is 1. The van der Waals surface area contributed by atoms with Crippen molar-refractivity contribution in [1.82, 2.24) is 10.6 Å². The van der Waals surface area contributed by atoms with Crippen molar-refractivity contribution in [3.8, 4) is 0 Å². The molecule has 1 unspecified atom stereocenters. The van der Waals surface area contributed by atoms with Gasteiger partial charge in [-0.2, -0.15) is 0 Å². The molecule has 1 aliphatic carbocycles. The molecule has 1 atom stereocenters. The van der Waals surface area contributed by atoms with Crippen molar-refractivity contribution in [2.75, 3.05) is 6.54 Å². The minimum Gasteiger partial charge on any atom is -0.348 e. The topological polar surface area (TPSA) is 41.1 Å². The van der Waals surface area contributed by atoms with E-state index in [4.69, 9.17) is 0 Å². The maximum atomic E-state index is 11.9. The van der Waals surface area contributed by atoms with Gasteiger partial charge in [-0.05, 0) is 37.3 Å². The fraction of sp³-hybridized carbons (Fsp3) is 0.588. The van der Waals surface area contributed by atoms with Crippen molar-refractivity contribution in [3.05, 3.63) is 35.4 Å². The summed E-state index contributed by atoms with van der Waals surface area (Å²) < 4.78 is 0. The molecule has 1 aromatic carbocycles. The second kappa shape index (κ2) is 7.44. The van der Waals surface area contributed by atoms with E-state index in [2.05, 4.69) is 41.8 Å². The van der Waals surface area contributed by atoms with Crippen molar-refractivity contribution < 1.29 is 4.79 Å². The fourth-order valence-corrected chi connectivity index (χ4v) is 2.78. The Morgan fingerprint density at radius 1 is 1.25 bits per heavy atom. The SMILES string of the molecule is CCc1ccc(C(C)NC(=O)CNC2CCCC2)cc1. The summed E-state index contributed by atoms with van der Waals surface area (Å²) in [6, 6.07) is 9.09. The molecule has 0 aliphatic heterocycles. The summed E-state index contributed by atoms with van der Waals surface area (Å²) in [5.74, 6) is 0.0870. The van der Waals surface area contributed by atoms with E-state index in [0.717, 1.165) is 12.0 Å². The Balaban J connectivity index is 1.77. The van der Waals surface area contributed by atoms with E-state index in [9.17, 15) is 4.79 Å². The molecule has 1 fully saturated rings. The Hall–Kier alpha value is -1.35. The van der Waals surface area contributed by atoms with Crippen molar-refractivity contribution in [3.63, 3.8) is 0 Å². The Labute approximate surface area is 122 Å². The largest absolute Gasteiger partial charge is 0.348 e. The maximum absolute atomic E-state index is 11.9. The first kappa shape index (κ1) is 15.0. The third-order valence-electron chi connectivity index (χ3n) is 4.17. The molecule has 2 N–H and O–H groups in total. The standard InChI is InChI=1S/C17H26N2O/c1-3-14-8-10-15(11-9-14)13(2)19-17(20)12-18-16-6-4-5-7-16/h8-11,13,16,18H,3-7,12H2,1-2H3,(H,19,20). The summed E-state index contributed by atoms with van der Waals surface area (Å²) in [6.45, 7) is 4.62. The molecule has 2 rings (SSSR count). The van der Waals surface area contributed by atoms with Crippen LogP contribution in [0.2, 0.25) is 0 Å². The van der Waals surface area contributed by atoms with Crippen LogP contribution < -0.4 is 10.6 Å². The molecule has 0 saturated heterocycles. The monoisotopic (exact) mass is 274 g/mol. The van der Waals surface area contributed by atoms with Crippen LogP contribution in [0.5, 0.6) is 0 Å². The molecular formula is C17H26N2O. The smallest absolute Gasteiger partial charge is 0.234 e. The van der Waals surface area contributed by atoms with Gasteiger partial charge in [-0.3, -0.25) is 4.79 Å². The molecule has 1 aliphatic rings. The van der Waals surface area contributed by atoms with Crippen LogP contribution in [0.1, 0.15) is 56.7 Å². The zero-order valence-corrected chi connectivity index (χ0v) is 12.6. The highest BCUT2D eigenvalue weighted by Crippen LogP contribution is 2.17. The second-order valence-corrected chi connectivity index (χ2v) is 5.75. The lowest BCUT2D eigenvalue weighted by Gasteiger charge is -2.16. The zero-order chi connectivity index (χ0) is 14.4. The van der Waals surface area contributed by atoms with Gasteiger partial charge in [0.05, 0.1) is 12.6 Å². The van der Waals surface area contributed by atoms with Crippen molar-refractivity contribution in [2.45, 2.75) is 58.0 Å². The second-order valence-electron chi connectivity index (χ2n) is 5.75. The van der Waals surface area contributed by atoms with Gasteiger partial charge >= 0.3 is 0 Å². The van der Waals surface area contributed by atoms with E-state index in [1.807, 2.05) is 6.92 Å². The van der Waals surface area contributed by atoms with E-state index in [0.29, 0.717) is 12.6 Å². The Bertz CT molecular complexity index is 421. The lowest BCUT2D eigenvalue weighted by molar-refractivity contribution is -0.121. The maximum Gasteiger partial charge on any atom is 0.234 e. The van der Waals surface area contributed by atoms with Gasteiger partial charge in [0.2, 0.25) is 5.91 Å². The number of nitrogens with one attached hydrogen (secondary N) is 2. The van der Waals surface area contributed by atoms with Crippen LogP contribution in [0.15, 0.2) is 24.3 Å². The lowest BCUT2D eigenvalue weighted by Crippen LogP contribution is -2.39. The minimum atomic E-state index is 0.0683. The summed E-state index contributed by atoms with van der Waals surface area (Å²) >= 11 is 0. The summed E-state index contributed by atoms with van der Waals surface area (Å²) in [5, 5.41) is 6.40. The molecule has 3 heteroatoms. The molecule has 1 aromatic rings. The van der Waals surface area contributed by atoms with Crippen molar-refractivity contribution >= 4 is 5.91 Å². The summed E-state index contributed by atoms with van der Waals surface area (Å²) in [5.41, 5.74) is 2.49. The molecule has 3 nitrogen and oxygen atoms in total. The molecule has 20 heavy (non-hydrogen) atoms. The van der Waals surface area contributed by atoms with Crippen molar-refractivity contribution in [2.24, 2.45) is 0 Å². The molecule has 1 saturated carbocycles. The van der Waals surface area contributed by atoms with Gasteiger partial charge in [-0.25, -0.2) is 0 Å². The molecule has 0 heterocycles. The van der Waals surface area contributed by atoms with Crippen LogP contribution >= 0.6 is 0 Å². The first-order chi connectivity index (χ1) is 9.69. The van der Waals surface area contributed by atoms with Gasteiger partial charge in [0.25, 0.3) is 0 Å².